The fourth-order valence-electron chi connectivity index (χ4n) is 3.15. The maximum absolute atomic E-state index is 12.7. The van der Waals surface area contributed by atoms with E-state index in [1.54, 1.807) is 10.8 Å². The number of ether oxygens (including phenoxy) is 1. The molecule has 1 amide bonds. The second-order valence-corrected chi connectivity index (χ2v) is 6.44. The van der Waals surface area contributed by atoms with Crippen molar-refractivity contribution in [2.24, 2.45) is 0 Å². The van der Waals surface area contributed by atoms with Crippen LogP contribution in [0.3, 0.4) is 0 Å². The van der Waals surface area contributed by atoms with E-state index >= 15 is 0 Å². The molecule has 1 aliphatic heterocycles. The lowest BCUT2D eigenvalue weighted by Gasteiger charge is -2.32. The topological polar surface area (TPSA) is 59.0 Å². The van der Waals surface area contributed by atoms with Crippen molar-refractivity contribution in [3.8, 4) is 5.69 Å². The first-order valence-corrected chi connectivity index (χ1v) is 8.27. The summed E-state index contributed by atoms with van der Waals surface area (Å²) in [6.07, 6.45) is 3.63. The van der Waals surface area contributed by atoms with Gasteiger partial charge in [0.15, 0.2) is 4.77 Å². The number of amides is 1. The Kier molecular flexibility index (Phi) is 4.63. The van der Waals surface area contributed by atoms with Gasteiger partial charge in [0.2, 0.25) is 0 Å². The normalized spacial score (nSPS) is 24.3. The predicted molar refractivity (Wildman–Crippen MR) is 91.5 cm³/mol. The van der Waals surface area contributed by atoms with Crippen LogP contribution in [0.25, 0.3) is 5.69 Å². The number of carbonyl (C=O) groups excluding carboxylic acids is 1. The third kappa shape index (κ3) is 3.54. The van der Waals surface area contributed by atoms with Gasteiger partial charge in [-0.15, -0.1) is 0 Å². The molecule has 1 aromatic carbocycles. The molecule has 0 unspecified atom stereocenters. The Morgan fingerprint density at radius 2 is 1.91 bits per heavy atom. The predicted octanol–water partition coefficient (Wildman–Crippen LogP) is 3.22. The molecule has 2 aromatic rings. The number of H-pyrrole nitrogens is 1. The average molecular weight is 331 g/mol. The second-order valence-electron chi connectivity index (χ2n) is 6.05. The highest BCUT2D eigenvalue weighted by molar-refractivity contribution is 7.71. The molecule has 0 radical (unpaired) electrons. The van der Waals surface area contributed by atoms with Crippen LogP contribution in [0.15, 0.2) is 36.5 Å². The Hall–Kier alpha value is -1.92. The lowest BCUT2D eigenvalue weighted by Crippen LogP contribution is -2.44. The van der Waals surface area contributed by atoms with E-state index in [9.17, 15) is 4.79 Å². The highest BCUT2D eigenvalue weighted by atomic mass is 32.1. The SMILES string of the molecule is C[C@H]1CC(NC(=O)c2c[nH]c(=S)n2-c2ccccc2)C[C@H](C)O1. The quantitative estimate of drug-likeness (QED) is 0.849. The molecule has 23 heavy (non-hydrogen) atoms. The third-order valence-electron chi connectivity index (χ3n) is 4.06. The molecule has 122 valence electrons. The van der Waals surface area contributed by atoms with Crippen LogP contribution in [0, 0.1) is 4.77 Å². The first-order valence-electron chi connectivity index (χ1n) is 7.86. The summed E-state index contributed by atoms with van der Waals surface area (Å²) in [5, 5.41) is 3.11. The minimum Gasteiger partial charge on any atom is -0.375 e. The van der Waals surface area contributed by atoms with Crippen LogP contribution in [-0.2, 0) is 4.74 Å². The summed E-state index contributed by atoms with van der Waals surface area (Å²) < 4.78 is 7.99. The van der Waals surface area contributed by atoms with E-state index in [4.69, 9.17) is 17.0 Å². The number of rotatable bonds is 3. The molecule has 1 aliphatic rings. The summed E-state index contributed by atoms with van der Waals surface area (Å²) in [6, 6.07) is 9.76. The fourth-order valence-corrected chi connectivity index (χ4v) is 3.41. The first-order chi connectivity index (χ1) is 11.0. The zero-order valence-electron chi connectivity index (χ0n) is 13.3. The van der Waals surface area contributed by atoms with Gasteiger partial charge in [0.1, 0.15) is 5.69 Å². The molecule has 1 aromatic heterocycles. The second kappa shape index (κ2) is 6.68. The van der Waals surface area contributed by atoms with Crippen LogP contribution in [0.1, 0.15) is 37.2 Å². The van der Waals surface area contributed by atoms with Crippen LogP contribution < -0.4 is 5.32 Å². The molecule has 0 spiro atoms. The number of para-hydroxylation sites is 1. The number of hydrogen-bond acceptors (Lipinski definition) is 3. The van der Waals surface area contributed by atoms with Gasteiger partial charge in [-0.05, 0) is 51.0 Å². The van der Waals surface area contributed by atoms with Gasteiger partial charge in [-0.1, -0.05) is 18.2 Å². The lowest BCUT2D eigenvalue weighted by atomic mass is 10.00. The van der Waals surface area contributed by atoms with Crippen LogP contribution >= 0.6 is 12.2 Å². The smallest absolute Gasteiger partial charge is 0.270 e. The Balaban J connectivity index is 1.82. The van der Waals surface area contributed by atoms with Crippen molar-refractivity contribution in [1.29, 1.82) is 0 Å². The van der Waals surface area contributed by atoms with Gasteiger partial charge in [-0.25, -0.2) is 0 Å². The molecular formula is C17H21N3O2S. The summed E-state index contributed by atoms with van der Waals surface area (Å²) in [5.74, 6) is -0.118. The molecule has 2 atom stereocenters. The molecule has 1 saturated heterocycles. The van der Waals surface area contributed by atoms with Gasteiger partial charge in [-0.2, -0.15) is 0 Å². The highest BCUT2D eigenvalue weighted by Gasteiger charge is 2.26. The number of nitrogens with zero attached hydrogens (tertiary/aromatic N) is 1. The average Bonchev–Trinajstić information content (AvgIpc) is 2.89. The van der Waals surface area contributed by atoms with Crippen molar-refractivity contribution in [2.75, 3.05) is 0 Å². The van der Waals surface area contributed by atoms with Crippen LogP contribution in [-0.4, -0.2) is 33.7 Å². The molecule has 3 rings (SSSR count). The molecule has 1 fully saturated rings. The van der Waals surface area contributed by atoms with E-state index in [2.05, 4.69) is 10.3 Å². The van der Waals surface area contributed by atoms with Crippen LogP contribution in [0.2, 0.25) is 0 Å². The van der Waals surface area contributed by atoms with Crippen LogP contribution in [0.4, 0.5) is 0 Å². The summed E-state index contributed by atoms with van der Waals surface area (Å²) >= 11 is 5.32. The van der Waals surface area contributed by atoms with Crippen molar-refractivity contribution < 1.29 is 9.53 Å². The molecule has 2 heterocycles. The number of hydrogen-bond donors (Lipinski definition) is 2. The zero-order valence-corrected chi connectivity index (χ0v) is 14.1. The summed E-state index contributed by atoms with van der Waals surface area (Å²) in [6.45, 7) is 4.08. The minimum atomic E-state index is -0.118. The Labute approximate surface area is 140 Å². The molecule has 6 heteroatoms. The van der Waals surface area contributed by atoms with Gasteiger partial charge in [0.25, 0.3) is 5.91 Å². The number of carbonyl (C=O) groups is 1. The van der Waals surface area contributed by atoms with Crippen molar-refractivity contribution in [3.05, 3.63) is 47.0 Å². The third-order valence-corrected chi connectivity index (χ3v) is 4.36. The fraction of sp³-hybridized carbons (Fsp3) is 0.412. The van der Waals surface area contributed by atoms with Gasteiger partial charge < -0.3 is 15.0 Å². The summed E-state index contributed by atoms with van der Waals surface area (Å²) in [7, 11) is 0. The Bertz CT molecular complexity index is 728. The minimum absolute atomic E-state index is 0.118. The number of benzene rings is 1. The number of aromatic nitrogens is 2. The van der Waals surface area contributed by atoms with E-state index in [-0.39, 0.29) is 24.2 Å². The van der Waals surface area contributed by atoms with Crippen LogP contribution in [0.5, 0.6) is 0 Å². The lowest BCUT2D eigenvalue weighted by molar-refractivity contribution is -0.0408. The Morgan fingerprint density at radius 1 is 1.26 bits per heavy atom. The maximum atomic E-state index is 12.7. The number of nitrogens with one attached hydrogen (secondary N) is 2. The van der Waals surface area contributed by atoms with Crippen molar-refractivity contribution in [3.63, 3.8) is 0 Å². The first kappa shape index (κ1) is 16.0. The van der Waals surface area contributed by atoms with Gasteiger partial charge in [-0.3, -0.25) is 9.36 Å². The maximum Gasteiger partial charge on any atom is 0.270 e. The van der Waals surface area contributed by atoms with E-state index in [1.807, 2.05) is 44.2 Å². The van der Waals surface area contributed by atoms with Gasteiger partial charge >= 0.3 is 0 Å². The Morgan fingerprint density at radius 3 is 2.57 bits per heavy atom. The van der Waals surface area contributed by atoms with E-state index in [0.717, 1.165) is 18.5 Å². The molecule has 5 nitrogen and oxygen atoms in total. The molecule has 2 N–H and O–H groups in total. The highest BCUT2D eigenvalue weighted by Crippen LogP contribution is 2.20. The standard InChI is InChI=1S/C17H21N3O2S/c1-11-8-13(9-12(2)22-11)19-16(21)15-10-18-17(23)20(15)14-6-4-3-5-7-14/h3-7,10-13H,8-9H2,1-2H3,(H,18,23)(H,19,21)/t11-,12-/m0/s1. The zero-order chi connectivity index (χ0) is 16.4. The largest absolute Gasteiger partial charge is 0.375 e. The molecular weight excluding hydrogens is 310 g/mol. The van der Waals surface area contributed by atoms with Crippen molar-refractivity contribution >= 4 is 18.1 Å². The van der Waals surface area contributed by atoms with E-state index < -0.39 is 0 Å². The number of aromatic amines is 1. The van der Waals surface area contributed by atoms with Crippen molar-refractivity contribution in [1.82, 2.24) is 14.9 Å². The van der Waals surface area contributed by atoms with Crippen molar-refractivity contribution in [2.45, 2.75) is 44.9 Å². The van der Waals surface area contributed by atoms with Gasteiger partial charge in [0, 0.05) is 17.9 Å². The molecule has 0 bridgehead atoms. The van der Waals surface area contributed by atoms with Gasteiger partial charge in [0.05, 0.1) is 12.2 Å². The van der Waals surface area contributed by atoms with E-state index in [1.165, 1.54) is 0 Å². The molecule has 0 saturated carbocycles. The molecule has 0 aliphatic carbocycles. The monoisotopic (exact) mass is 331 g/mol. The summed E-state index contributed by atoms with van der Waals surface area (Å²) in [4.78, 5) is 15.7. The number of imidazole rings is 1. The van der Waals surface area contributed by atoms with E-state index in [0.29, 0.717) is 10.5 Å². The summed E-state index contributed by atoms with van der Waals surface area (Å²) in [5.41, 5.74) is 1.39.